The van der Waals surface area contributed by atoms with Gasteiger partial charge >= 0.3 is 5.97 Å². The lowest BCUT2D eigenvalue weighted by atomic mass is 10.1. The first-order valence-electron chi connectivity index (χ1n) is 6.99. The standard InChI is InChI=1S/C17H12N2O5/c1-23-13-8-6-11(7-9-13)16-18-14(17(20)24-16)10-12-4-2-3-5-15(12)19(21)22/h2-10H,1H3/b14-10+. The number of nitrogens with zero attached hydrogens (tertiary/aromatic N) is 2. The first-order valence-corrected chi connectivity index (χ1v) is 6.99. The third kappa shape index (κ3) is 3.00. The zero-order valence-electron chi connectivity index (χ0n) is 12.6. The summed E-state index contributed by atoms with van der Waals surface area (Å²) in [7, 11) is 1.55. The van der Waals surface area contributed by atoms with E-state index < -0.39 is 10.9 Å². The molecule has 2 aromatic carbocycles. The van der Waals surface area contributed by atoms with Crippen LogP contribution in [0, 0.1) is 10.1 Å². The molecule has 7 nitrogen and oxygen atoms in total. The van der Waals surface area contributed by atoms with Gasteiger partial charge < -0.3 is 9.47 Å². The lowest BCUT2D eigenvalue weighted by Gasteiger charge is -2.01. The quantitative estimate of drug-likeness (QED) is 0.373. The van der Waals surface area contributed by atoms with Crippen LogP contribution in [0.4, 0.5) is 5.69 Å². The van der Waals surface area contributed by atoms with Gasteiger partial charge in [0.25, 0.3) is 5.69 Å². The van der Waals surface area contributed by atoms with Gasteiger partial charge in [0, 0.05) is 11.6 Å². The van der Waals surface area contributed by atoms with Crippen LogP contribution >= 0.6 is 0 Å². The molecule has 0 saturated heterocycles. The molecule has 2 aromatic rings. The fourth-order valence-corrected chi connectivity index (χ4v) is 2.19. The van der Waals surface area contributed by atoms with Crippen LogP contribution in [-0.2, 0) is 9.53 Å². The Morgan fingerprint density at radius 2 is 1.88 bits per heavy atom. The lowest BCUT2D eigenvalue weighted by Crippen LogP contribution is -2.05. The van der Waals surface area contributed by atoms with Crippen molar-refractivity contribution in [1.82, 2.24) is 0 Å². The van der Waals surface area contributed by atoms with Gasteiger partial charge in [0.1, 0.15) is 5.75 Å². The molecular formula is C17H12N2O5. The summed E-state index contributed by atoms with van der Waals surface area (Å²) in [6.45, 7) is 0. The van der Waals surface area contributed by atoms with Crippen LogP contribution in [0.25, 0.3) is 6.08 Å². The average Bonchev–Trinajstić information content (AvgIpc) is 2.96. The van der Waals surface area contributed by atoms with E-state index in [1.165, 1.54) is 12.1 Å². The highest BCUT2D eigenvalue weighted by Crippen LogP contribution is 2.24. The van der Waals surface area contributed by atoms with E-state index in [0.717, 1.165) is 0 Å². The highest BCUT2D eigenvalue weighted by Gasteiger charge is 2.25. The molecule has 1 heterocycles. The molecular weight excluding hydrogens is 312 g/mol. The van der Waals surface area contributed by atoms with Crippen molar-refractivity contribution in [1.29, 1.82) is 0 Å². The van der Waals surface area contributed by atoms with Crippen LogP contribution in [0.5, 0.6) is 5.75 Å². The molecule has 1 aliphatic rings. The molecule has 3 rings (SSSR count). The molecule has 24 heavy (non-hydrogen) atoms. The number of nitro groups is 1. The Morgan fingerprint density at radius 3 is 2.54 bits per heavy atom. The molecule has 0 amide bonds. The van der Waals surface area contributed by atoms with E-state index in [0.29, 0.717) is 11.3 Å². The van der Waals surface area contributed by atoms with E-state index in [1.807, 2.05) is 0 Å². The van der Waals surface area contributed by atoms with Gasteiger partial charge in [-0.05, 0) is 36.4 Å². The summed E-state index contributed by atoms with van der Waals surface area (Å²) in [4.78, 5) is 26.6. The van der Waals surface area contributed by atoms with Crippen molar-refractivity contribution >= 4 is 23.6 Å². The number of esters is 1. The van der Waals surface area contributed by atoms with Gasteiger partial charge in [-0.25, -0.2) is 9.79 Å². The summed E-state index contributed by atoms with van der Waals surface area (Å²) in [5.74, 6) is 0.158. The summed E-state index contributed by atoms with van der Waals surface area (Å²) in [5.41, 5.74) is 0.797. The van der Waals surface area contributed by atoms with E-state index in [4.69, 9.17) is 9.47 Å². The Kier molecular flexibility index (Phi) is 4.07. The normalized spacial score (nSPS) is 15.1. The Balaban J connectivity index is 1.95. The molecule has 1 aliphatic heterocycles. The van der Waals surface area contributed by atoms with Crippen LogP contribution in [0.15, 0.2) is 59.2 Å². The molecule has 0 N–H and O–H groups in total. The fraction of sp³-hybridized carbons (Fsp3) is 0.0588. The number of carbonyl (C=O) groups excluding carboxylic acids is 1. The number of hydrogen-bond donors (Lipinski definition) is 0. The third-order valence-corrected chi connectivity index (χ3v) is 3.38. The van der Waals surface area contributed by atoms with Gasteiger partial charge in [-0.1, -0.05) is 12.1 Å². The Morgan fingerprint density at radius 1 is 1.17 bits per heavy atom. The summed E-state index contributed by atoms with van der Waals surface area (Å²) < 4.78 is 10.2. The minimum atomic E-state index is -0.654. The molecule has 0 unspecified atom stereocenters. The number of hydrogen-bond acceptors (Lipinski definition) is 6. The molecule has 0 bridgehead atoms. The summed E-state index contributed by atoms with van der Waals surface area (Å²) in [6.07, 6.45) is 1.34. The van der Waals surface area contributed by atoms with Crippen molar-refractivity contribution in [2.75, 3.05) is 7.11 Å². The monoisotopic (exact) mass is 324 g/mol. The van der Waals surface area contributed by atoms with Gasteiger partial charge in [-0.15, -0.1) is 0 Å². The van der Waals surface area contributed by atoms with Crippen LogP contribution in [0.2, 0.25) is 0 Å². The highest BCUT2D eigenvalue weighted by atomic mass is 16.6. The topological polar surface area (TPSA) is 91.0 Å². The maximum Gasteiger partial charge on any atom is 0.363 e. The minimum Gasteiger partial charge on any atom is -0.497 e. The average molecular weight is 324 g/mol. The first-order chi connectivity index (χ1) is 11.6. The number of benzene rings is 2. The molecule has 0 atom stereocenters. The van der Waals surface area contributed by atoms with E-state index in [9.17, 15) is 14.9 Å². The maximum absolute atomic E-state index is 12.0. The number of para-hydroxylation sites is 1. The second kappa shape index (κ2) is 6.33. The van der Waals surface area contributed by atoms with Crippen LogP contribution in [0.3, 0.4) is 0 Å². The van der Waals surface area contributed by atoms with Gasteiger partial charge in [0.15, 0.2) is 5.70 Å². The van der Waals surface area contributed by atoms with Gasteiger partial charge in [0.2, 0.25) is 5.90 Å². The number of methoxy groups -OCH3 is 1. The smallest absolute Gasteiger partial charge is 0.363 e. The first kappa shape index (κ1) is 15.4. The molecule has 0 fully saturated rings. The molecule has 0 aliphatic carbocycles. The number of rotatable bonds is 4. The second-order valence-corrected chi connectivity index (χ2v) is 4.88. The van der Waals surface area contributed by atoms with Crippen LogP contribution in [0.1, 0.15) is 11.1 Å². The van der Waals surface area contributed by atoms with Gasteiger partial charge in [-0.2, -0.15) is 0 Å². The predicted octanol–water partition coefficient (Wildman–Crippen LogP) is 2.95. The van der Waals surface area contributed by atoms with E-state index in [1.54, 1.807) is 49.6 Å². The molecule has 0 spiro atoms. The maximum atomic E-state index is 12.0. The van der Waals surface area contributed by atoms with Crippen LogP contribution < -0.4 is 4.74 Å². The summed E-state index contributed by atoms with van der Waals surface area (Å²) in [6, 6.07) is 13.0. The number of aliphatic imine (C=N–C) groups is 1. The zero-order valence-corrected chi connectivity index (χ0v) is 12.6. The lowest BCUT2D eigenvalue weighted by molar-refractivity contribution is -0.385. The molecule has 7 heteroatoms. The van der Waals surface area contributed by atoms with Gasteiger partial charge in [-0.3, -0.25) is 10.1 Å². The Bertz CT molecular complexity index is 869. The molecule has 0 radical (unpaired) electrons. The van der Waals surface area contributed by atoms with Crippen LogP contribution in [-0.4, -0.2) is 23.9 Å². The van der Waals surface area contributed by atoms with E-state index >= 15 is 0 Å². The minimum absolute atomic E-state index is 0.00937. The predicted molar refractivity (Wildman–Crippen MR) is 86.7 cm³/mol. The third-order valence-electron chi connectivity index (χ3n) is 3.38. The van der Waals surface area contributed by atoms with E-state index in [2.05, 4.69) is 4.99 Å². The van der Waals surface area contributed by atoms with Gasteiger partial charge in [0.05, 0.1) is 17.6 Å². The van der Waals surface area contributed by atoms with Crippen molar-refractivity contribution in [3.05, 3.63) is 75.5 Å². The van der Waals surface area contributed by atoms with Crippen molar-refractivity contribution < 1.29 is 19.2 Å². The number of nitro benzene ring substituents is 1. The van der Waals surface area contributed by atoms with Crippen molar-refractivity contribution in [3.63, 3.8) is 0 Å². The summed E-state index contributed by atoms with van der Waals surface area (Å²) in [5, 5.41) is 11.0. The molecule has 0 aromatic heterocycles. The molecule has 0 saturated carbocycles. The number of carbonyl (C=O) groups is 1. The second-order valence-electron chi connectivity index (χ2n) is 4.88. The Labute approximate surface area is 137 Å². The fourth-order valence-electron chi connectivity index (χ4n) is 2.19. The van der Waals surface area contributed by atoms with Crippen molar-refractivity contribution in [2.24, 2.45) is 4.99 Å². The highest BCUT2D eigenvalue weighted by molar-refractivity contribution is 6.13. The summed E-state index contributed by atoms with van der Waals surface area (Å²) >= 11 is 0. The largest absolute Gasteiger partial charge is 0.497 e. The van der Waals surface area contributed by atoms with Crippen molar-refractivity contribution in [3.8, 4) is 5.75 Å². The number of cyclic esters (lactones) is 1. The Hall–Kier alpha value is -3.48. The van der Waals surface area contributed by atoms with Crippen molar-refractivity contribution in [2.45, 2.75) is 0 Å². The zero-order chi connectivity index (χ0) is 17.1. The SMILES string of the molecule is COc1ccc(C2=N/C(=C/c3ccccc3[N+](=O)[O-])C(=O)O2)cc1. The van der Waals surface area contributed by atoms with E-state index in [-0.39, 0.29) is 22.8 Å². The number of ether oxygens (including phenoxy) is 2. The molecule has 120 valence electrons.